The first-order chi connectivity index (χ1) is 9.17. The highest BCUT2D eigenvalue weighted by Crippen LogP contribution is 2.27. The summed E-state index contributed by atoms with van der Waals surface area (Å²) < 4.78 is 32.3. The van der Waals surface area contributed by atoms with Crippen LogP contribution < -0.4 is 16.0 Å². The zero-order valence-electron chi connectivity index (χ0n) is 10.4. The lowest BCUT2D eigenvalue weighted by molar-refractivity contribution is 0.385. The molecule has 2 aromatic rings. The van der Waals surface area contributed by atoms with Gasteiger partial charge in [0.2, 0.25) is 0 Å². The Labute approximate surface area is 110 Å². The predicted molar refractivity (Wildman–Crippen MR) is 68.5 cm³/mol. The van der Waals surface area contributed by atoms with Gasteiger partial charge in [-0.3, -0.25) is 5.84 Å². The second-order valence-corrected chi connectivity index (χ2v) is 4.02. The van der Waals surface area contributed by atoms with Crippen LogP contribution in [-0.4, -0.2) is 7.11 Å². The Hall–Kier alpha value is -1.98. The Morgan fingerprint density at radius 2 is 1.84 bits per heavy atom. The molecule has 3 N–H and O–H groups in total. The Bertz CT molecular complexity index is 575. The number of ether oxygens (including phenoxy) is 1. The van der Waals surface area contributed by atoms with Gasteiger partial charge in [0.1, 0.15) is 5.82 Å². The lowest BCUT2D eigenvalue weighted by atomic mass is 9.98. The third-order valence-electron chi connectivity index (χ3n) is 2.89. The lowest BCUT2D eigenvalue weighted by Gasteiger charge is -2.18. The number of hydrogen-bond acceptors (Lipinski definition) is 3. The number of benzene rings is 2. The number of nitrogens with two attached hydrogens (primary N) is 1. The number of halogens is 2. The van der Waals surface area contributed by atoms with Crippen molar-refractivity contribution >= 4 is 0 Å². The van der Waals surface area contributed by atoms with Crippen molar-refractivity contribution in [1.82, 2.24) is 5.43 Å². The van der Waals surface area contributed by atoms with Crippen molar-refractivity contribution in [2.45, 2.75) is 6.04 Å². The molecule has 19 heavy (non-hydrogen) atoms. The second kappa shape index (κ2) is 5.77. The molecule has 0 aliphatic heterocycles. The molecule has 0 radical (unpaired) electrons. The zero-order chi connectivity index (χ0) is 13.8. The third kappa shape index (κ3) is 2.72. The summed E-state index contributed by atoms with van der Waals surface area (Å²) in [5, 5.41) is 0. The van der Waals surface area contributed by atoms with E-state index in [0.717, 1.165) is 0 Å². The van der Waals surface area contributed by atoms with Gasteiger partial charge < -0.3 is 4.74 Å². The fraction of sp³-hybridized carbons (Fsp3) is 0.143. The minimum absolute atomic E-state index is 0.132. The SMILES string of the molecule is COc1ccc(C(NN)c2ccccc2F)cc1F. The molecule has 5 heteroatoms. The van der Waals surface area contributed by atoms with Gasteiger partial charge >= 0.3 is 0 Å². The van der Waals surface area contributed by atoms with Gasteiger partial charge in [-0.2, -0.15) is 0 Å². The minimum Gasteiger partial charge on any atom is -0.494 e. The van der Waals surface area contributed by atoms with Crippen LogP contribution in [0, 0.1) is 11.6 Å². The Balaban J connectivity index is 2.43. The largest absolute Gasteiger partial charge is 0.494 e. The molecule has 0 spiro atoms. The van der Waals surface area contributed by atoms with E-state index in [1.807, 2.05) is 0 Å². The van der Waals surface area contributed by atoms with Crippen molar-refractivity contribution in [2.24, 2.45) is 5.84 Å². The molecule has 0 aromatic heterocycles. The van der Waals surface area contributed by atoms with E-state index in [0.29, 0.717) is 11.1 Å². The quantitative estimate of drug-likeness (QED) is 0.659. The van der Waals surface area contributed by atoms with E-state index in [1.54, 1.807) is 24.3 Å². The van der Waals surface area contributed by atoms with Crippen LogP contribution >= 0.6 is 0 Å². The molecule has 0 aliphatic carbocycles. The van der Waals surface area contributed by atoms with Gasteiger partial charge in [-0.25, -0.2) is 14.2 Å². The Morgan fingerprint density at radius 3 is 2.42 bits per heavy atom. The number of methoxy groups -OCH3 is 1. The number of rotatable bonds is 4. The smallest absolute Gasteiger partial charge is 0.165 e. The van der Waals surface area contributed by atoms with Crippen LogP contribution in [0.3, 0.4) is 0 Å². The normalized spacial score (nSPS) is 12.2. The maximum Gasteiger partial charge on any atom is 0.165 e. The summed E-state index contributed by atoms with van der Waals surface area (Å²) in [6, 6.07) is 9.98. The molecule has 1 unspecified atom stereocenters. The molecule has 2 rings (SSSR count). The van der Waals surface area contributed by atoms with Crippen molar-refractivity contribution in [1.29, 1.82) is 0 Å². The van der Waals surface area contributed by atoms with E-state index < -0.39 is 17.7 Å². The summed E-state index contributed by atoms with van der Waals surface area (Å²) in [7, 11) is 1.38. The average molecular weight is 264 g/mol. The van der Waals surface area contributed by atoms with E-state index in [1.165, 1.54) is 25.3 Å². The van der Waals surface area contributed by atoms with Gasteiger partial charge in [-0.15, -0.1) is 0 Å². The molecule has 0 saturated heterocycles. The zero-order valence-corrected chi connectivity index (χ0v) is 10.4. The molecule has 0 bridgehead atoms. The Kier molecular flexibility index (Phi) is 4.09. The molecule has 0 heterocycles. The first-order valence-electron chi connectivity index (χ1n) is 5.71. The minimum atomic E-state index is -0.624. The van der Waals surface area contributed by atoms with Gasteiger partial charge in [0.25, 0.3) is 0 Å². The van der Waals surface area contributed by atoms with Crippen LogP contribution in [-0.2, 0) is 0 Å². The number of nitrogens with one attached hydrogen (secondary N) is 1. The molecule has 0 fully saturated rings. The maximum atomic E-state index is 13.7. The number of hydrazine groups is 1. The van der Waals surface area contributed by atoms with Crippen molar-refractivity contribution in [2.75, 3.05) is 7.11 Å². The van der Waals surface area contributed by atoms with Gasteiger partial charge in [0.15, 0.2) is 11.6 Å². The molecular weight excluding hydrogens is 250 g/mol. The molecule has 100 valence electrons. The monoisotopic (exact) mass is 264 g/mol. The highest BCUT2D eigenvalue weighted by Gasteiger charge is 2.17. The average Bonchev–Trinajstić information content (AvgIpc) is 2.42. The van der Waals surface area contributed by atoms with Gasteiger partial charge in [-0.05, 0) is 23.8 Å². The van der Waals surface area contributed by atoms with Gasteiger partial charge in [0.05, 0.1) is 13.2 Å². The van der Waals surface area contributed by atoms with Gasteiger partial charge in [-0.1, -0.05) is 24.3 Å². The molecule has 2 aromatic carbocycles. The molecule has 0 saturated carbocycles. The van der Waals surface area contributed by atoms with E-state index in [2.05, 4.69) is 5.43 Å². The van der Waals surface area contributed by atoms with Crippen LogP contribution in [0.4, 0.5) is 8.78 Å². The van der Waals surface area contributed by atoms with Crippen molar-refractivity contribution in [3.8, 4) is 5.75 Å². The predicted octanol–water partition coefficient (Wildman–Crippen LogP) is 2.53. The first kappa shape index (κ1) is 13.5. The fourth-order valence-electron chi connectivity index (χ4n) is 1.94. The highest BCUT2D eigenvalue weighted by atomic mass is 19.1. The van der Waals surface area contributed by atoms with Gasteiger partial charge in [0, 0.05) is 5.56 Å². The van der Waals surface area contributed by atoms with Crippen LogP contribution in [0.15, 0.2) is 42.5 Å². The standard InChI is InChI=1S/C14H14F2N2O/c1-19-13-7-6-9(8-12(13)16)14(18-17)10-4-2-3-5-11(10)15/h2-8,14,18H,17H2,1H3. The van der Waals surface area contributed by atoms with Crippen LogP contribution in [0.1, 0.15) is 17.2 Å². The fourth-order valence-corrected chi connectivity index (χ4v) is 1.94. The second-order valence-electron chi connectivity index (χ2n) is 4.02. The molecule has 3 nitrogen and oxygen atoms in total. The van der Waals surface area contributed by atoms with E-state index in [4.69, 9.17) is 10.6 Å². The summed E-state index contributed by atoms with van der Waals surface area (Å²) in [6.07, 6.45) is 0. The molecular formula is C14H14F2N2O. The molecule has 1 atom stereocenters. The summed E-state index contributed by atoms with van der Waals surface area (Å²) in [5.74, 6) is 4.67. The van der Waals surface area contributed by atoms with E-state index in [9.17, 15) is 8.78 Å². The molecule has 0 aliphatic rings. The topological polar surface area (TPSA) is 47.3 Å². The van der Waals surface area contributed by atoms with E-state index >= 15 is 0 Å². The van der Waals surface area contributed by atoms with Crippen LogP contribution in [0.25, 0.3) is 0 Å². The maximum absolute atomic E-state index is 13.7. The summed E-state index contributed by atoms with van der Waals surface area (Å²) in [4.78, 5) is 0. The number of hydrogen-bond donors (Lipinski definition) is 2. The van der Waals surface area contributed by atoms with Crippen LogP contribution in [0.2, 0.25) is 0 Å². The van der Waals surface area contributed by atoms with Crippen molar-refractivity contribution in [3.63, 3.8) is 0 Å². The Morgan fingerprint density at radius 1 is 1.11 bits per heavy atom. The third-order valence-corrected chi connectivity index (χ3v) is 2.89. The summed E-state index contributed by atoms with van der Waals surface area (Å²) in [5.41, 5.74) is 3.37. The first-order valence-corrected chi connectivity index (χ1v) is 5.71. The summed E-state index contributed by atoms with van der Waals surface area (Å²) >= 11 is 0. The highest BCUT2D eigenvalue weighted by molar-refractivity contribution is 5.36. The van der Waals surface area contributed by atoms with Crippen molar-refractivity contribution in [3.05, 3.63) is 65.2 Å². The van der Waals surface area contributed by atoms with Crippen LogP contribution in [0.5, 0.6) is 5.75 Å². The summed E-state index contributed by atoms with van der Waals surface area (Å²) in [6.45, 7) is 0. The van der Waals surface area contributed by atoms with E-state index in [-0.39, 0.29) is 5.75 Å². The molecule has 0 amide bonds. The van der Waals surface area contributed by atoms with Crippen molar-refractivity contribution < 1.29 is 13.5 Å². The lowest BCUT2D eigenvalue weighted by Crippen LogP contribution is -2.29.